The zero-order valence-electron chi connectivity index (χ0n) is 11.1. The van der Waals surface area contributed by atoms with Crippen molar-refractivity contribution in [3.05, 3.63) is 57.3 Å². The average Bonchev–Trinajstić information content (AvgIpc) is 2.75. The standard InChI is InChI=1S/C15H17NO2S/c1-11-6-7-19-14(11)10-16(2)9-12-4-3-5-13(8-12)15(17)18/h3-8H,9-10H2,1-2H3,(H,17,18). The van der Waals surface area contributed by atoms with Gasteiger partial charge in [-0.25, -0.2) is 4.79 Å². The zero-order chi connectivity index (χ0) is 13.8. The molecule has 1 aromatic carbocycles. The van der Waals surface area contributed by atoms with Gasteiger partial charge in [0, 0.05) is 18.0 Å². The van der Waals surface area contributed by atoms with E-state index < -0.39 is 5.97 Å². The number of hydrogen-bond donors (Lipinski definition) is 1. The quantitative estimate of drug-likeness (QED) is 0.909. The molecule has 1 N–H and O–H groups in total. The second-order valence-corrected chi connectivity index (χ2v) is 5.71. The van der Waals surface area contributed by atoms with E-state index in [1.165, 1.54) is 10.4 Å². The third kappa shape index (κ3) is 3.66. The fraction of sp³-hybridized carbons (Fsp3) is 0.267. The highest BCUT2D eigenvalue weighted by molar-refractivity contribution is 7.10. The molecule has 0 amide bonds. The lowest BCUT2D eigenvalue weighted by Crippen LogP contribution is -2.17. The number of aromatic carboxylic acids is 1. The van der Waals surface area contributed by atoms with Crippen LogP contribution < -0.4 is 0 Å². The van der Waals surface area contributed by atoms with Crippen LogP contribution in [0.25, 0.3) is 0 Å². The largest absolute Gasteiger partial charge is 0.478 e. The van der Waals surface area contributed by atoms with Crippen molar-refractivity contribution in [2.75, 3.05) is 7.05 Å². The Balaban J connectivity index is 2.02. The van der Waals surface area contributed by atoms with E-state index in [-0.39, 0.29) is 0 Å². The smallest absolute Gasteiger partial charge is 0.335 e. The SMILES string of the molecule is Cc1ccsc1CN(C)Cc1cccc(C(=O)O)c1. The van der Waals surface area contributed by atoms with Crippen LogP contribution in [0.4, 0.5) is 0 Å². The molecule has 2 aromatic rings. The van der Waals surface area contributed by atoms with Crippen molar-refractivity contribution in [3.63, 3.8) is 0 Å². The molecule has 0 aliphatic heterocycles. The average molecular weight is 275 g/mol. The van der Waals surface area contributed by atoms with Gasteiger partial charge in [0.15, 0.2) is 0 Å². The van der Waals surface area contributed by atoms with E-state index in [1.807, 2.05) is 13.1 Å². The summed E-state index contributed by atoms with van der Waals surface area (Å²) >= 11 is 1.76. The Kier molecular flexibility index (Phi) is 4.35. The summed E-state index contributed by atoms with van der Waals surface area (Å²) in [5.74, 6) is -0.876. The molecule has 0 radical (unpaired) electrons. The van der Waals surface area contributed by atoms with E-state index in [2.05, 4.69) is 23.3 Å². The number of carboxylic acids is 1. The number of hydrogen-bond acceptors (Lipinski definition) is 3. The molecule has 0 unspecified atom stereocenters. The van der Waals surface area contributed by atoms with Crippen LogP contribution in [-0.2, 0) is 13.1 Å². The molecule has 0 aliphatic carbocycles. The highest BCUT2D eigenvalue weighted by Gasteiger charge is 2.07. The number of benzene rings is 1. The van der Waals surface area contributed by atoms with Gasteiger partial charge in [0.05, 0.1) is 5.56 Å². The van der Waals surface area contributed by atoms with Crippen molar-refractivity contribution < 1.29 is 9.90 Å². The maximum Gasteiger partial charge on any atom is 0.335 e. The predicted molar refractivity (Wildman–Crippen MR) is 77.6 cm³/mol. The third-order valence-corrected chi connectivity index (χ3v) is 4.02. The van der Waals surface area contributed by atoms with Crippen LogP contribution in [-0.4, -0.2) is 23.0 Å². The Bertz CT molecular complexity index is 577. The maximum absolute atomic E-state index is 10.9. The van der Waals surface area contributed by atoms with Crippen LogP contribution in [0.15, 0.2) is 35.7 Å². The Labute approximate surface area is 117 Å². The molecule has 100 valence electrons. The van der Waals surface area contributed by atoms with Crippen LogP contribution in [0.1, 0.15) is 26.4 Å². The fourth-order valence-corrected chi connectivity index (χ4v) is 2.97. The van der Waals surface area contributed by atoms with Gasteiger partial charge in [0.25, 0.3) is 0 Å². The Morgan fingerprint density at radius 3 is 2.74 bits per heavy atom. The van der Waals surface area contributed by atoms with Gasteiger partial charge in [-0.2, -0.15) is 0 Å². The van der Waals surface area contributed by atoms with Crippen molar-refractivity contribution in [2.24, 2.45) is 0 Å². The first-order chi connectivity index (χ1) is 9.06. The Morgan fingerprint density at radius 2 is 2.11 bits per heavy atom. The molecule has 0 saturated heterocycles. The zero-order valence-corrected chi connectivity index (χ0v) is 11.9. The lowest BCUT2D eigenvalue weighted by Gasteiger charge is -2.16. The second-order valence-electron chi connectivity index (χ2n) is 4.70. The van der Waals surface area contributed by atoms with Crippen LogP contribution in [0, 0.1) is 6.92 Å². The number of nitrogens with zero attached hydrogens (tertiary/aromatic N) is 1. The van der Waals surface area contributed by atoms with Gasteiger partial charge < -0.3 is 5.11 Å². The van der Waals surface area contributed by atoms with Crippen molar-refractivity contribution in [2.45, 2.75) is 20.0 Å². The first kappa shape index (κ1) is 13.8. The monoisotopic (exact) mass is 275 g/mol. The van der Waals surface area contributed by atoms with Gasteiger partial charge in [-0.3, -0.25) is 4.90 Å². The molecule has 0 atom stereocenters. The molecule has 0 aliphatic rings. The Morgan fingerprint density at radius 1 is 1.32 bits per heavy atom. The maximum atomic E-state index is 10.9. The van der Waals surface area contributed by atoms with E-state index in [4.69, 9.17) is 5.11 Å². The molecule has 1 aromatic heterocycles. The Hall–Kier alpha value is -1.65. The number of rotatable bonds is 5. The van der Waals surface area contributed by atoms with Gasteiger partial charge in [0.2, 0.25) is 0 Å². The number of carbonyl (C=O) groups is 1. The summed E-state index contributed by atoms with van der Waals surface area (Å²) < 4.78 is 0. The molecule has 0 spiro atoms. The first-order valence-electron chi connectivity index (χ1n) is 6.10. The van der Waals surface area contributed by atoms with Gasteiger partial charge in [-0.05, 0) is 48.7 Å². The van der Waals surface area contributed by atoms with Gasteiger partial charge in [-0.1, -0.05) is 12.1 Å². The topological polar surface area (TPSA) is 40.5 Å². The molecule has 0 bridgehead atoms. The second kappa shape index (κ2) is 5.99. The molecule has 4 heteroatoms. The molecule has 0 saturated carbocycles. The van der Waals surface area contributed by atoms with Crippen molar-refractivity contribution in [3.8, 4) is 0 Å². The molecular formula is C15H17NO2S. The molecule has 3 nitrogen and oxygen atoms in total. The number of carboxylic acid groups (broad SMARTS) is 1. The minimum atomic E-state index is -0.876. The summed E-state index contributed by atoms with van der Waals surface area (Å²) in [4.78, 5) is 14.5. The lowest BCUT2D eigenvalue weighted by atomic mass is 10.1. The minimum absolute atomic E-state index is 0.346. The van der Waals surface area contributed by atoms with Crippen LogP contribution in [0.2, 0.25) is 0 Å². The van der Waals surface area contributed by atoms with E-state index in [0.717, 1.165) is 18.7 Å². The summed E-state index contributed by atoms with van der Waals surface area (Å²) in [6.07, 6.45) is 0. The molecule has 1 heterocycles. The van der Waals surface area contributed by atoms with Crippen LogP contribution in [0.3, 0.4) is 0 Å². The normalized spacial score (nSPS) is 10.9. The first-order valence-corrected chi connectivity index (χ1v) is 6.98. The molecule has 2 rings (SSSR count). The van der Waals surface area contributed by atoms with Crippen LogP contribution >= 0.6 is 11.3 Å². The summed E-state index contributed by atoms with van der Waals surface area (Å²) in [6.45, 7) is 3.75. The van der Waals surface area contributed by atoms with Gasteiger partial charge in [-0.15, -0.1) is 11.3 Å². The summed E-state index contributed by atoms with van der Waals surface area (Å²) in [5.41, 5.74) is 2.69. The fourth-order valence-electron chi connectivity index (χ4n) is 1.98. The van der Waals surface area contributed by atoms with Crippen molar-refractivity contribution in [1.82, 2.24) is 4.90 Å². The summed E-state index contributed by atoms with van der Waals surface area (Å²) in [5, 5.41) is 11.1. The molecule has 0 fully saturated rings. The number of aryl methyl sites for hydroxylation is 1. The van der Waals surface area contributed by atoms with E-state index >= 15 is 0 Å². The third-order valence-electron chi connectivity index (χ3n) is 3.01. The molecular weight excluding hydrogens is 258 g/mol. The van der Waals surface area contributed by atoms with Crippen molar-refractivity contribution >= 4 is 17.3 Å². The minimum Gasteiger partial charge on any atom is -0.478 e. The lowest BCUT2D eigenvalue weighted by molar-refractivity contribution is 0.0696. The van der Waals surface area contributed by atoms with Crippen molar-refractivity contribution in [1.29, 1.82) is 0 Å². The van der Waals surface area contributed by atoms with E-state index in [0.29, 0.717) is 5.56 Å². The van der Waals surface area contributed by atoms with E-state index in [9.17, 15) is 4.79 Å². The summed E-state index contributed by atoms with van der Waals surface area (Å²) in [7, 11) is 2.05. The van der Waals surface area contributed by atoms with Gasteiger partial charge >= 0.3 is 5.97 Å². The summed E-state index contributed by atoms with van der Waals surface area (Å²) in [6, 6.07) is 9.24. The molecule has 19 heavy (non-hydrogen) atoms. The van der Waals surface area contributed by atoms with Crippen LogP contribution in [0.5, 0.6) is 0 Å². The predicted octanol–water partition coefficient (Wildman–Crippen LogP) is 3.39. The number of thiophene rings is 1. The highest BCUT2D eigenvalue weighted by Crippen LogP contribution is 2.18. The van der Waals surface area contributed by atoms with E-state index in [1.54, 1.807) is 29.5 Å². The van der Waals surface area contributed by atoms with Gasteiger partial charge in [0.1, 0.15) is 0 Å². The highest BCUT2D eigenvalue weighted by atomic mass is 32.1.